The van der Waals surface area contributed by atoms with E-state index in [-0.39, 0.29) is 12.5 Å². The third-order valence-electron chi connectivity index (χ3n) is 4.55. The highest BCUT2D eigenvalue weighted by molar-refractivity contribution is 5.71. The average Bonchev–Trinajstić information content (AvgIpc) is 2.56. The van der Waals surface area contributed by atoms with E-state index in [4.69, 9.17) is 9.84 Å². The molecule has 1 aromatic heterocycles. The zero-order chi connectivity index (χ0) is 18.7. The highest BCUT2D eigenvalue weighted by Gasteiger charge is 2.34. The number of hydrogen-bond acceptors (Lipinski definition) is 3. The van der Waals surface area contributed by atoms with Crippen LogP contribution in [0.15, 0.2) is 42.6 Å². The van der Waals surface area contributed by atoms with Crippen molar-refractivity contribution < 1.29 is 27.8 Å². The Morgan fingerprint density at radius 3 is 2.58 bits per heavy atom. The molecule has 1 aliphatic rings. The number of nitrogens with zero attached hydrogens (tertiary/aromatic N) is 1. The van der Waals surface area contributed by atoms with Crippen LogP contribution in [0.25, 0.3) is 0 Å². The molecule has 4 nitrogen and oxygen atoms in total. The van der Waals surface area contributed by atoms with E-state index in [0.29, 0.717) is 30.2 Å². The predicted octanol–water partition coefficient (Wildman–Crippen LogP) is 4.33. The topological polar surface area (TPSA) is 59.4 Å². The van der Waals surface area contributed by atoms with Crippen LogP contribution in [-0.4, -0.2) is 16.1 Å². The van der Waals surface area contributed by atoms with Crippen molar-refractivity contribution in [1.82, 2.24) is 4.98 Å². The summed E-state index contributed by atoms with van der Waals surface area (Å²) in [6.07, 6.45) is -0.580. The fraction of sp³-hybridized carbons (Fsp3) is 0.368. The van der Waals surface area contributed by atoms with E-state index in [1.165, 1.54) is 6.07 Å². The third kappa shape index (κ3) is 4.53. The summed E-state index contributed by atoms with van der Waals surface area (Å²) in [5.74, 6) is -0.279. The van der Waals surface area contributed by atoms with E-state index in [1.54, 1.807) is 18.3 Å². The highest BCUT2D eigenvalue weighted by Crippen LogP contribution is 2.36. The van der Waals surface area contributed by atoms with E-state index in [9.17, 15) is 18.0 Å². The quantitative estimate of drug-likeness (QED) is 0.828. The smallest absolute Gasteiger partial charge is 0.416 e. The summed E-state index contributed by atoms with van der Waals surface area (Å²) in [5, 5.41) is 8.88. The number of pyridine rings is 1. The first kappa shape index (κ1) is 18.2. The molecule has 0 spiro atoms. The first-order valence-corrected chi connectivity index (χ1v) is 8.28. The molecule has 7 heteroatoms. The SMILES string of the molecule is O=C(O)C1CC(Cc2ccc(OCc3cccc(C(F)(F)F)c3)nc2)C1. The number of alkyl halides is 3. The van der Waals surface area contributed by atoms with E-state index in [2.05, 4.69) is 4.98 Å². The number of aliphatic carboxylic acids is 1. The van der Waals surface area contributed by atoms with Gasteiger partial charge in [0.15, 0.2) is 0 Å². The molecule has 1 aromatic carbocycles. The van der Waals surface area contributed by atoms with E-state index in [0.717, 1.165) is 24.1 Å². The van der Waals surface area contributed by atoms with E-state index < -0.39 is 17.7 Å². The fourth-order valence-electron chi connectivity index (χ4n) is 3.05. The van der Waals surface area contributed by atoms with Gasteiger partial charge in [0.25, 0.3) is 0 Å². The van der Waals surface area contributed by atoms with Crippen molar-refractivity contribution >= 4 is 5.97 Å². The standard InChI is InChI=1S/C19H18F3NO3/c20-19(21,22)16-3-1-2-13(9-16)11-26-17-5-4-12(10-23-17)6-14-7-15(8-14)18(24)25/h1-5,9-10,14-15H,6-8,11H2,(H,24,25). The fourth-order valence-corrected chi connectivity index (χ4v) is 3.05. The van der Waals surface area contributed by atoms with Gasteiger partial charge in [0.1, 0.15) is 6.61 Å². The molecule has 0 bridgehead atoms. The lowest BCUT2D eigenvalue weighted by atomic mass is 9.72. The number of carboxylic acid groups (broad SMARTS) is 1. The molecule has 0 atom stereocenters. The Morgan fingerprint density at radius 2 is 1.96 bits per heavy atom. The zero-order valence-corrected chi connectivity index (χ0v) is 13.9. The lowest BCUT2D eigenvalue weighted by Gasteiger charge is -2.32. The molecule has 0 saturated heterocycles. The maximum Gasteiger partial charge on any atom is 0.416 e. The monoisotopic (exact) mass is 365 g/mol. The molecule has 0 unspecified atom stereocenters. The van der Waals surface area contributed by atoms with E-state index >= 15 is 0 Å². The third-order valence-corrected chi connectivity index (χ3v) is 4.55. The number of carbonyl (C=O) groups is 1. The van der Waals surface area contributed by atoms with E-state index in [1.807, 2.05) is 6.07 Å². The maximum atomic E-state index is 12.7. The van der Waals surface area contributed by atoms with Gasteiger partial charge in [-0.15, -0.1) is 0 Å². The van der Waals surface area contributed by atoms with Gasteiger partial charge in [0, 0.05) is 12.3 Å². The molecule has 1 saturated carbocycles. The maximum absolute atomic E-state index is 12.7. The number of ether oxygens (including phenoxy) is 1. The molecule has 0 aliphatic heterocycles. The van der Waals surface area contributed by atoms with Crippen LogP contribution in [0.2, 0.25) is 0 Å². The summed E-state index contributed by atoms with van der Waals surface area (Å²) in [6.45, 7) is -0.000810. The summed E-state index contributed by atoms with van der Waals surface area (Å²) in [7, 11) is 0. The molecule has 0 amide bonds. The van der Waals surface area contributed by atoms with Crippen molar-refractivity contribution in [2.45, 2.75) is 32.0 Å². The predicted molar refractivity (Wildman–Crippen MR) is 87.6 cm³/mol. The lowest BCUT2D eigenvalue weighted by Crippen LogP contribution is -2.31. The minimum absolute atomic E-state index is 0.000810. The van der Waals surface area contributed by atoms with Crippen LogP contribution >= 0.6 is 0 Å². The second-order valence-electron chi connectivity index (χ2n) is 6.57. The number of benzene rings is 1. The molecule has 3 rings (SSSR count). The van der Waals surface area contributed by atoms with Crippen LogP contribution < -0.4 is 4.74 Å². The Labute approximate surface area is 148 Å². The number of halogens is 3. The van der Waals surface area contributed by atoms with Gasteiger partial charge in [-0.2, -0.15) is 13.2 Å². The van der Waals surface area contributed by atoms with Crippen LogP contribution in [0.5, 0.6) is 5.88 Å². The zero-order valence-electron chi connectivity index (χ0n) is 13.9. The Morgan fingerprint density at radius 1 is 1.19 bits per heavy atom. The van der Waals surface area contributed by atoms with Crippen molar-refractivity contribution in [2.24, 2.45) is 11.8 Å². The molecule has 26 heavy (non-hydrogen) atoms. The van der Waals surface area contributed by atoms with Crippen LogP contribution in [0.1, 0.15) is 29.5 Å². The van der Waals surface area contributed by atoms with Crippen molar-refractivity contribution in [2.75, 3.05) is 0 Å². The normalized spacial score (nSPS) is 19.7. The first-order valence-electron chi connectivity index (χ1n) is 8.28. The van der Waals surface area contributed by atoms with Gasteiger partial charge >= 0.3 is 12.1 Å². The molecule has 1 aliphatic carbocycles. The Balaban J connectivity index is 1.51. The van der Waals surface area contributed by atoms with Gasteiger partial charge in [-0.3, -0.25) is 4.79 Å². The summed E-state index contributed by atoms with van der Waals surface area (Å²) in [4.78, 5) is 15.0. The Kier molecular flexibility index (Phi) is 5.15. The largest absolute Gasteiger partial charge is 0.481 e. The molecule has 138 valence electrons. The van der Waals surface area contributed by atoms with Crippen LogP contribution in [0.3, 0.4) is 0 Å². The minimum atomic E-state index is -4.38. The molecule has 1 N–H and O–H groups in total. The number of carboxylic acids is 1. The summed E-state index contributed by atoms with van der Waals surface area (Å²) < 4.78 is 43.5. The van der Waals surface area contributed by atoms with Gasteiger partial charge in [0.05, 0.1) is 11.5 Å². The van der Waals surface area contributed by atoms with Crippen molar-refractivity contribution in [3.63, 3.8) is 0 Å². The molecule has 0 radical (unpaired) electrons. The molecular weight excluding hydrogens is 347 g/mol. The summed E-state index contributed by atoms with van der Waals surface area (Å²) in [6, 6.07) is 8.52. The van der Waals surface area contributed by atoms with Crippen LogP contribution in [-0.2, 0) is 24.0 Å². The van der Waals surface area contributed by atoms with Crippen molar-refractivity contribution in [3.05, 3.63) is 59.3 Å². The van der Waals surface area contributed by atoms with Crippen LogP contribution in [0.4, 0.5) is 13.2 Å². The number of rotatable bonds is 6. The summed E-state index contributed by atoms with van der Waals surface area (Å²) in [5.41, 5.74) is 0.701. The van der Waals surface area contributed by atoms with Gasteiger partial charge < -0.3 is 9.84 Å². The Bertz CT molecular complexity index is 768. The van der Waals surface area contributed by atoms with Gasteiger partial charge in [0.2, 0.25) is 5.88 Å². The van der Waals surface area contributed by atoms with Gasteiger partial charge in [-0.25, -0.2) is 4.98 Å². The Hall–Kier alpha value is -2.57. The molecular formula is C19H18F3NO3. The molecule has 1 heterocycles. The van der Waals surface area contributed by atoms with Crippen LogP contribution in [0, 0.1) is 11.8 Å². The average molecular weight is 365 g/mol. The second kappa shape index (κ2) is 7.35. The van der Waals surface area contributed by atoms with Gasteiger partial charge in [-0.05, 0) is 48.4 Å². The second-order valence-corrected chi connectivity index (χ2v) is 6.57. The number of hydrogen-bond donors (Lipinski definition) is 1. The van der Waals surface area contributed by atoms with Crippen molar-refractivity contribution in [1.29, 1.82) is 0 Å². The molecule has 1 fully saturated rings. The van der Waals surface area contributed by atoms with Gasteiger partial charge in [-0.1, -0.05) is 18.2 Å². The molecule has 2 aromatic rings. The highest BCUT2D eigenvalue weighted by atomic mass is 19.4. The lowest BCUT2D eigenvalue weighted by molar-refractivity contribution is -0.146. The first-order chi connectivity index (χ1) is 12.3. The van der Waals surface area contributed by atoms with Crippen molar-refractivity contribution in [3.8, 4) is 5.88 Å². The minimum Gasteiger partial charge on any atom is -0.481 e. The number of aromatic nitrogens is 1. The summed E-state index contributed by atoms with van der Waals surface area (Å²) >= 11 is 0.